The second-order valence-corrected chi connectivity index (χ2v) is 8.90. The van der Waals surface area contributed by atoms with Gasteiger partial charge < -0.3 is 40.7 Å². The Balaban J connectivity index is 0.000000462. The van der Waals surface area contributed by atoms with Gasteiger partial charge in [-0.15, -0.1) is 0 Å². The molecule has 33 heavy (non-hydrogen) atoms. The Kier molecular flexibility index (Phi) is 13.0. The molecule has 0 aliphatic carbocycles. The number of sulfonamides is 2. The summed E-state index contributed by atoms with van der Waals surface area (Å²) in [7, 11) is -7.36. The van der Waals surface area contributed by atoms with E-state index in [-0.39, 0.29) is 51.2 Å². The van der Waals surface area contributed by atoms with Crippen LogP contribution >= 0.6 is 0 Å². The number of amides is 2. The van der Waals surface area contributed by atoms with Crippen LogP contribution in [0.15, 0.2) is 58.3 Å². The normalized spacial score (nSPS) is 15.3. The first-order valence-electron chi connectivity index (χ1n) is 8.90. The van der Waals surface area contributed by atoms with Crippen molar-refractivity contribution in [1.29, 1.82) is 0 Å². The molecule has 0 atom stereocenters. The summed E-state index contributed by atoms with van der Waals surface area (Å²) in [5, 5.41) is 15.5. The van der Waals surface area contributed by atoms with Crippen molar-refractivity contribution < 1.29 is 53.7 Å². The smallest absolute Gasteiger partial charge is 0.537 e. The molecule has 15 heteroatoms. The second-order valence-electron chi connectivity index (χ2n) is 5.76. The number of rotatable bonds is 2. The third-order valence-electron chi connectivity index (χ3n) is 3.46. The monoisotopic (exact) mass is 549 g/mol. The van der Waals surface area contributed by atoms with E-state index in [2.05, 4.69) is 9.44 Å². The van der Waals surface area contributed by atoms with Gasteiger partial charge in [0.15, 0.2) is 0 Å². The van der Waals surface area contributed by atoms with E-state index in [0.717, 1.165) is 0 Å². The van der Waals surface area contributed by atoms with Gasteiger partial charge in [-0.3, -0.25) is 0 Å². The van der Waals surface area contributed by atoms with Crippen LogP contribution in [0.3, 0.4) is 0 Å². The number of aliphatic hydroxyl groups is 2. The van der Waals surface area contributed by atoms with Crippen LogP contribution in [-0.2, 0) is 37.1 Å². The fourth-order valence-electron chi connectivity index (χ4n) is 2.15. The number of aliphatic hydroxyl groups excluding tert-OH is 2. The maximum absolute atomic E-state index is 11.1. The van der Waals surface area contributed by atoms with Crippen molar-refractivity contribution in [2.24, 2.45) is 11.5 Å². The Bertz CT molecular complexity index is 1060. The van der Waals surface area contributed by atoms with E-state index >= 15 is 0 Å². The summed E-state index contributed by atoms with van der Waals surface area (Å²) in [6.07, 6.45) is 0. The molecule has 2 aromatic rings. The van der Waals surface area contributed by atoms with Crippen LogP contribution in [0, 0.1) is 0 Å². The summed E-state index contributed by atoms with van der Waals surface area (Å²) >= 11 is 0. The first-order valence-corrected chi connectivity index (χ1v) is 11.8. The van der Waals surface area contributed by atoms with Crippen LogP contribution in [-0.4, -0.2) is 65.2 Å². The van der Waals surface area contributed by atoms with E-state index in [0.29, 0.717) is 13.1 Å². The molecule has 12 nitrogen and oxygen atoms in total. The molecule has 4 rings (SSSR count). The first-order chi connectivity index (χ1) is 15.1. The third-order valence-corrected chi connectivity index (χ3v) is 6.09. The van der Waals surface area contributed by atoms with E-state index in [1.54, 1.807) is 24.3 Å². The molecule has 0 saturated heterocycles. The molecular formula is C18H22CuN4O8S2. The van der Waals surface area contributed by atoms with Crippen LogP contribution in [0.25, 0.3) is 9.44 Å². The second kappa shape index (κ2) is 14.0. The number of hydrogen-bond donors (Lipinski definition) is 4. The molecule has 0 bridgehead atoms. The van der Waals surface area contributed by atoms with Gasteiger partial charge in [0.25, 0.3) is 0 Å². The summed E-state index contributed by atoms with van der Waals surface area (Å²) in [5.41, 5.74) is 9.88. The maximum atomic E-state index is 11.1. The van der Waals surface area contributed by atoms with Crippen LogP contribution in [0.2, 0.25) is 0 Å². The quantitative estimate of drug-likeness (QED) is 0.357. The van der Waals surface area contributed by atoms with Crippen molar-refractivity contribution in [2.45, 2.75) is 9.79 Å². The van der Waals surface area contributed by atoms with Crippen molar-refractivity contribution >= 4 is 31.9 Å². The third kappa shape index (κ3) is 8.49. The molecule has 2 aliphatic heterocycles. The van der Waals surface area contributed by atoms with Gasteiger partial charge in [-0.25, -0.2) is 16.8 Å². The number of carbonyl (C=O) groups is 2. The van der Waals surface area contributed by atoms with Crippen LogP contribution in [0.4, 0.5) is 0 Å². The molecule has 0 unspecified atom stereocenters. The average Bonchev–Trinajstić information content (AvgIpc) is 3.17. The Morgan fingerprint density at radius 3 is 1.18 bits per heavy atom. The molecular weight excluding hydrogens is 528 g/mol. The van der Waals surface area contributed by atoms with Crippen molar-refractivity contribution in [3.05, 3.63) is 69.1 Å². The van der Waals surface area contributed by atoms with Crippen LogP contribution in [0.1, 0.15) is 20.7 Å². The molecule has 0 saturated carbocycles. The summed E-state index contributed by atoms with van der Waals surface area (Å²) < 4.78 is 50.3. The minimum Gasteiger partial charge on any atom is -0.537 e. The van der Waals surface area contributed by atoms with Gasteiger partial charge in [0, 0.05) is 24.2 Å². The van der Waals surface area contributed by atoms with Crippen molar-refractivity contribution in [3.63, 3.8) is 0 Å². The van der Waals surface area contributed by atoms with Gasteiger partial charge in [0.05, 0.1) is 34.8 Å². The number of fused-ring (bicyclic) bond motifs is 2. The predicted octanol–water partition coefficient (Wildman–Crippen LogP) is -0.322. The number of nitrogens with two attached hydrogens (primary N) is 2. The fourth-order valence-corrected chi connectivity index (χ4v) is 4.35. The van der Waals surface area contributed by atoms with Gasteiger partial charge >= 0.3 is 17.1 Å². The minimum absolute atomic E-state index is 0. The van der Waals surface area contributed by atoms with Crippen molar-refractivity contribution in [1.82, 2.24) is 0 Å². The van der Waals surface area contributed by atoms with Gasteiger partial charge in [0.1, 0.15) is 20.0 Å². The van der Waals surface area contributed by atoms with Gasteiger partial charge in [0.2, 0.25) is 0 Å². The largest absolute Gasteiger partial charge is 2.00 e. The van der Waals surface area contributed by atoms with E-state index in [1.807, 2.05) is 0 Å². The zero-order chi connectivity index (χ0) is 24.4. The summed E-state index contributed by atoms with van der Waals surface area (Å²) in [6.45, 7) is 0.944. The SMILES string of the molecule is NCCO.NCCO.O=C1[N-]S(=O)(=O)c2ccccc21.O=C1[N-]S(=O)(=O)c2ccccc21.[Cu+2]. The molecule has 0 aromatic heterocycles. The molecule has 6 N–H and O–H groups in total. The van der Waals surface area contributed by atoms with E-state index in [1.165, 1.54) is 24.3 Å². The topological polar surface area (TPSA) is 223 Å². The van der Waals surface area contributed by atoms with Crippen molar-refractivity contribution in [3.8, 4) is 0 Å². The Morgan fingerprint density at radius 1 is 0.667 bits per heavy atom. The molecule has 2 aliphatic rings. The minimum atomic E-state index is -3.68. The molecule has 185 valence electrons. The summed E-state index contributed by atoms with van der Waals surface area (Å²) in [5.74, 6) is -1.35. The molecule has 0 fully saturated rings. The fraction of sp³-hybridized carbons (Fsp3) is 0.222. The summed E-state index contributed by atoms with van der Waals surface area (Å²) in [4.78, 5) is 21.9. The molecule has 2 aromatic carbocycles. The molecule has 0 spiro atoms. The maximum Gasteiger partial charge on any atom is 2.00 e. The average molecular weight is 550 g/mol. The Hall–Kier alpha value is -2.36. The standard InChI is InChI=1S/2C7H5NO3S.2C2H7NO.Cu/c2*9-7-5-3-1-2-4-6(5)12(10,11)8-7;2*3-1-2-4;/h2*1-4H,(H,8,9);2*4H,1-3H2;/q;;;;+2/p-2. The molecule has 1 radical (unpaired) electrons. The number of carbonyl (C=O) groups excluding carboxylic acids is 2. The van der Waals surface area contributed by atoms with Gasteiger partial charge in [-0.05, 0) is 12.1 Å². The zero-order valence-corrected chi connectivity index (χ0v) is 19.5. The van der Waals surface area contributed by atoms with Crippen LogP contribution in [0.5, 0.6) is 0 Å². The number of hydrogen-bond acceptors (Lipinski definition) is 10. The molecule has 2 amide bonds. The predicted molar refractivity (Wildman–Crippen MR) is 115 cm³/mol. The van der Waals surface area contributed by atoms with Gasteiger partial charge in [-0.2, -0.15) is 0 Å². The van der Waals surface area contributed by atoms with Crippen molar-refractivity contribution in [2.75, 3.05) is 26.3 Å². The van der Waals surface area contributed by atoms with E-state index in [4.69, 9.17) is 21.7 Å². The van der Waals surface area contributed by atoms with Crippen LogP contribution < -0.4 is 11.5 Å². The molecule has 2 heterocycles. The number of benzene rings is 2. The van der Waals surface area contributed by atoms with E-state index < -0.39 is 31.9 Å². The summed E-state index contributed by atoms with van der Waals surface area (Å²) in [6, 6.07) is 12.0. The van der Waals surface area contributed by atoms with Gasteiger partial charge in [-0.1, -0.05) is 36.4 Å². The first kappa shape index (κ1) is 30.6. The zero-order valence-electron chi connectivity index (χ0n) is 17.0. The number of nitrogens with zero attached hydrogens (tertiary/aromatic N) is 2. The Morgan fingerprint density at radius 2 is 0.939 bits per heavy atom. The van der Waals surface area contributed by atoms with E-state index in [9.17, 15) is 26.4 Å². The Labute approximate surface area is 201 Å².